The summed E-state index contributed by atoms with van der Waals surface area (Å²) in [7, 11) is 0. The van der Waals surface area contributed by atoms with Crippen molar-refractivity contribution in [3.63, 3.8) is 0 Å². The average Bonchev–Trinajstić information content (AvgIpc) is 2.53. The van der Waals surface area contributed by atoms with E-state index in [1.54, 1.807) is 13.8 Å². The van der Waals surface area contributed by atoms with E-state index >= 15 is 0 Å². The number of nitrogens with zero attached hydrogens (tertiary/aromatic N) is 1. The Labute approximate surface area is 150 Å². The summed E-state index contributed by atoms with van der Waals surface area (Å²) < 4.78 is 52.0. The molecule has 0 saturated heterocycles. The summed E-state index contributed by atoms with van der Waals surface area (Å²) >= 11 is 0.673. The highest BCUT2D eigenvalue weighted by molar-refractivity contribution is 8.00. The Morgan fingerprint density at radius 3 is 2.50 bits per heavy atom. The molecule has 26 heavy (non-hydrogen) atoms. The average molecular weight is 389 g/mol. The number of halogens is 4. The lowest BCUT2D eigenvalue weighted by Crippen LogP contribution is -2.30. The van der Waals surface area contributed by atoms with Crippen LogP contribution in [-0.2, 0) is 11.0 Å². The number of para-hydroxylation sites is 1. The molecule has 0 spiro atoms. The normalized spacial score (nSPS) is 12.9. The summed E-state index contributed by atoms with van der Waals surface area (Å²) in [6.45, 7) is 3.34. The predicted molar refractivity (Wildman–Crippen MR) is 89.4 cm³/mol. The van der Waals surface area contributed by atoms with E-state index in [4.69, 9.17) is 0 Å². The Hall–Kier alpha value is -2.36. The molecule has 0 fully saturated rings. The van der Waals surface area contributed by atoms with Crippen LogP contribution in [0.4, 0.5) is 23.2 Å². The number of nitrogens with one attached hydrogen (secondary N) is 2. The number of aromatic nitrogens is 2. The first kappa shape index (κ1) is 20.0. The van der Waals surface area contributed by atoms with Crippen molar-refractivity contribution < 1.29 is 22.4 Å². The Kier molecular flexibility index (Phi) is 6.06. The molecule has 1 unspecified atom stereocenters. The zero-order valence-electron chi connectivity index (χ0n) is 13.7. The van der Waals surface area contributed by atoms with Gasteiger partial charge in [0, 0.05) is 6.07 Å². The lowest BCUT2D eigenvalue weighted by atomic mass is 10.1. The monoisotopic (exact) mass is 389 g/mol. The number of H-pyrrole nitrogens is 1. The van der Waals surface area contributed by atoms with E-state index in [0.29, 0.717) is 17.8 Å². The molecular weight excluding hydrogens is 374 g/mol. The van der Waals surface area contributed by atoms with Crippen molar-refractivity contribution in [1.29, 1.82) is 0 Å². The molecule has 0 radical (unpaired) electrons. The summed E-state index contributed by atoms with van der Waals surface area (Å²) in [4.78, 5) is 29.4. The molecule has 1 heterocycles. The van der Waals surface area contributed by atoms with Crippen LogP contribution >= 0.6 is 11.8 Å². The van der Waals surface area contributed by atoms with Gasteiger partial charge >= 0.3 is 6.18 Å². The number of rotatable bonds is 5. The summed E-state index contributed by atoms with van der Waals surface area (Å²) in [5, 5.41) is 1.15. The van der Waals surface area contributed by atoms with Crippen LogP contribution in [0.15, 0.2) is 40.3 Å². The molecule has 1 atom stereocenters. The van der Waals surface area contributed by atoms with Crippen molar-refractivity contribution in [1.82, 2.24) is 9.97 Å². The van der Waals surface area contributed by atoms with E-state index in [-0.39, 0.29) is 16.8 Å². The molecule has 2 aromatic rings. The van der Waals surface area contributed by atoms with Gasteiger partial charge in [-0.25, -0.2) is 9.37 Å². The van der Waals surface area contributed by atoms with E-state index in [9.17, 15) is 27.2 Å². The second-order valence-corrected chi connectivity index (χ2v) is 6.82. The third-order valence-corrected chi connectivity index (χ3v) is 4.67. The number of carbonyl (C=O) groups is 1. The number of alkyl halides is 3. The Balaban J connectivity index is 2.26. The van der Waals surface area contributed by atoms with Crippen molar-refractivity contribution >= 4 is 23.4 Å². The first-order valence-corrected chi connectivity index (χ1v) is 8.36. The van der Waals surface area contributed by atoms with Crippen LogP contribution in [0.3, 0.4) is 0 Å². The predicted octanol–water partition coefficient (Wildman–Crippen LogP) is 3.68. The third-order valence-electron chi connectivity index (χ3n) is 3.24. The van der Waals surface area contributed by atoms with Gasteiger partial charge in [0.2, 0.25) is 5.91 Å². The van der Waals surface area contributed by atoms with Crippen LogP contribution < -0.4 is 10.9 Å². The van der Waals surface area contributed by atoms with Crippen LogP contribution in [0.2, 0.25) is 0 Å². The maximum Gasteiger partial charge on any atom is 0.433 e. The smallest absolute Gasteiger partial charge is 0.323 e. The number of hydrogen-bond acceptors (Lipinski definition) is 4. The number of amides is 1. The van der Waals surface area contributed by atoms with E-state index in [0.717, 1.165) is 0 Å². The first-order chi connectivity index (χ1) is 12.1. The minimum absolute atomic E-state index is 0.0470. The topological polar surface area (TPSA) is 74.8 Å². The lowest BCUT2D eigenvalue weighted by Gasteiger charge is -2.19. The summed E-state index contributed by atoms with van der Waals surface area (Å²) in [6, 6.07) is 5.85. The number of thioether (sulfide) groups is 1. The minimum atomic E-state index is -4.79. The fourth-order valence-electron chi connectivity index (χ4n) is 2.02. The Morgan fingerprint density at radius 1 is 1.27 bits per heavy atom. The lowest BCUT2D eigenvalue weighted by molar-refractivity contribution is -0.141. The first-order valence-electron chi connectivity index (χ1n) is 7.48. The van der Waals surface area contributed by atoms with E-state index < -0.39 is 34.4 Å². The highest BCUT2D eigenvalue weighted by Crippen LogP contribution is 2.30. The quantitative estimate of drug-likeness (QED) is 0.465. The molecule has 0 aliphatic rings. The minimum Gasteiger partial charge on any atom is -0.323 e. The number of carbonyl (C=O) groups excluding carboxylic acids is 1. The second kappa shape index (κ2) is 7.90. The highest BCUT2D eigenvalue weighted by Gasteiger charge is 2.34. The second-order valence-electron chi connectivity index (χ2n) is 5.69. The Morgan fingerprint density at radius 2 is 1.92 bits per heavy atom. The summed E-state index contributed by atoms with van der Waals surface area (Å²) in [5.74, 6) is -1.58. The SMILES string of the molecule is CC(C)C(Sc1nc(C(F)(F)F)cc(=O)[nH]1)C(=O)Nc1ccccc1F. The van der Waals surface area contributed by atoms with Crippen LogP contribution in [0.5, 0.6) is 0 Å². The van der Waals surface area contributed by atoms with Gasteiger partial charge in [0.1, 0.15) is 5.82 Å². The van der Waals surface area contributed by atoms with E-state index in [1.165, 1.54) is 24.3 Å². The molecule has 2 rings (SSSR count). The molecule has 1 amide bonds. The van der Waals surface area contributed by atoms with Crippen molar-refractivity contribution in [3.05, 3.63) is 52.2 Å². The number of anilines is 1. The van der Waals surface area contributed by atoms with Gasteiger partial charge in [-0.3, -0.25) is 9.59 Å². The van der Waals surface area contributed by atoms with Crippen LogP contribution in [0.1, 0.15) is 19.5 Å². The fraction of sp³-hybridized carbons (Fsp3) is 0.312. The van der Waals surface area contributed by atoms with Crippen LogP contribution in [-0.4, -0.2) is 21.1 Å². The highest BCUT2D eigenvalue weighted by atomic mass is 32.2. The van der Waals surface area contributed by atoms with Gasteiger partial charge in [0.05, 0.1) is 10.9 Å². The maximum absolute atomic E-state index is 13.7. The van der Waals surface area contributed by atoms with Crippen LogP contribution in [0.25, 0.3) is 0 Å². The fourth-order valence-corrected chi connectivity index (χ4v) is 3.00. The van der Waals surface area contributed by atoms with Crippen molar-refractivity contribution in [2.75, 3.05) is 5.32 Å². The van der Waals surface area contributed by atoms with Crippen LogP contribution in [0, 0.1) is 11.7 Å². The number of aromatic amines is 1. The zero-order chi connectivity index (χ0) is 19.5. The van der Waals surface area contributed by atoms with E-state index in [1.807, 2.05) is 0 Å². The zero-order valence-corrected chi connectivity index (χ0v) is 14.5. The molecule has 140 valence electrons. The third kappa shape index (κ3) is 5.07. The molecule has 10 heteroatoms. The number of benzene rings is 1. The van der Waals surface area contributed by atoms with Gasteiger partial charge in [-0.2, -0.15) is 13.2 Å². The number of hydrogen-bond donors (Lipinski definition) is 2. The molecule has 2 N–H and O–H groups in total. The molecule has 0 aliphatic heterocycles. The summed E-state index contributed by atoms with van der Waals surface area (Å²) in [5.41, 5.74) is -2.37. The molecule has 5 nitrogen and oxygen atoms in total. The molecule has 0 aliphatic carbocycles. The van der Waals surface area contributed by atoms with Gasteiger partial charge < -0.3 is 10.3 Å². The van der Waals surface area contributed by atoms with Gasteiger partial charge in [0.15, 0.2) is 10.9 Å². The molecule has 1 aromatic carbocycles. The molecular formula is C16H15F4N3O2S. The molecule has 0 saturated carbocycles. The summed E-state index contributed by atoms with van der Waals surface area (Å²) in [6.07, 6.45) is -4.79. The Bertz CT molecular complexity index is 852. The van der Waals surface area contributed by atoms with Gasteiger partial charge in [-0.15, -0.1) is 0 Å². The van der Waals surface area contributed by atoms with Crippen molar-refractivity contribution in [2.24, 2.45) is 5.92 Å². The van der Waals surface area contributed by atoms with Crippen molar-refractivity contribution in [3.8, 4) is 0 Å². The van der Waals surface area contributed by atoms with E-state index in [2.05, 4.69) is 15.3 Å². The van der Waals surface area contributed by atoms with Gasteiger partial charge in [0.25, 0.3) is 5.56 Å². The van der Waals surface area contributed by atoms with Crippen molar-refractivity contribution in [2.45, 2.75) is 30.4 Å². The molecule has 1 aromatic heterocycles. The molecule has 0 bridgehead atoms. The van der Waals surface area contributed by atoms with Gasteiger partial charge in [-0.05, 0) is 18.1 Å². The standard InChI is InChI=1S/C16H15F4N3O2S/c1-8(2)13(14(25)21-10-6-4-3-5-9(10)17)26-15-22-11(16(18,19)20)7-12(24)23-15/h3-8,13H,1-2H3,(H,21,25)(H,22,23,24). The maximum atomic E-state index is 13.7. The van der Waals surface area contributed by atoms with Gasteiger partial charge in [-0.1, -0.05) is 37.7 Å². The largest absolute Gasteiger partial charge is 0.433 e.